The number of nitrogens with zero attached hydrogens (tertiary/aromatic N) is 3. The van der Waals surface area contributed by atoms with Crippen LogP contribution in [-0.2, 0) is 13.5 Å². The average molecular weight is 177 g/mol. The molecule has 1 aromatic heterocycles. The molecule has 0 aliphatic rings. The lowest BCUT2D eigenvalue weighted by atomic mass is 10.1. The molecule has 0 aliphatic heterocycles. The molecule has 0 aromatic carbocycles. The SMILES string of the molecule is Cc1nn(C)c(C)c1CCCC#N. The first kappa shape index (κ1) is 9.79. The van der Waals surface area contributed by atoms with Gasteiger partial charge in [-0.15, -0.1) is 0 Å². The average Bonchev–Trinajstić information content (AvgIpc) is 2.32. The molecule has 0 N–H and O–H groups in total. The highest BCUT2D eigenvalue weighted by molar-refractivity contribution is 5.24. The fourth-order valence-corrected chi connectivity index (χ4v) is 1.52. The van der Waals surface area contributed by atoms with E-state index in [-0.39, 0.29) is 0 Å². The largest absolute Gasteiger partial charge is 0.272 e. The maximum atomic E-state index is 8.42. The molecule has 3 nitrogen and oxygen atoms in total. The van der Waals surface area contributed by atoms with Gasteiger partial charge >= 0.3 is 0 Å². The van der Waals surface area contributed by atoms with Crippen molar-refractivity contribution in [2.75, 3.05) is 0 Å². The van der Waals surface area contributed by atoms with E-state index in [9.17, 15) is 0 Å². The van der Waals surface area contributed by atoms with Crippen LogP contribution in [0.2, 0.25) is 0 Å². The fraction of sp³-hybridized carbons (Fsp3) is 0.600. The van der Waals surface area contributed by atoms with Crippen LogP contribution in [0.4, 0.5) is 0 Å². The van der Waals surface area contributed by atoms with Gasteiger partial charge in [-0.25, -0.2) is 0 Å². The molecule has 1 rings (SSSR count). The maximum Gasteiger partial charge on any atom is 0.0628 e. The Morgan fingerprint density at radius 2 is 2.15 bits per heavy atom. The quantitative estimate of drug-likeness (QED) is 0.661. The number of aromatic nitrogens is 2. The number of hydrogen-bond donors (Lipinski definition) is 0. The van der Waals surface area contributed by atoms with Crippen LogP contribution in [0.3, 0.4) is 0 Å². The molecule has 0 saturated carbocycles. The first-order valence-electron chi connectivity index (χ1n) is 4.53. The summed E-state index contributed by atoms with van der Waals surface area (Å²) >= 11 is 0. The molecule has 0 atom stereocenters. The molecule has 0 spiro atoms. The van der Waals surface area contributed by atoms with Crippen LogP contribution in [0, 0.1) is 25.2 Å². The first-order valence-corrected chi connectivity index (χ1v) is 4.53. The van der Waals surface area contributed by atoms with Crippen LogP contribution in [-0.4, -0.2) is 9.78 Å². The van der Waals surface area contributed by atoms with Crippen LogP contribution >= 0.6 is 0 Å². The molecule has 0 unspecified atom stereocenters. The summed E-state index contributed by atoms with van der Waals surface area (Å²) < 4.78 is 1.90. The third kappa shape index (κ3) is 2.09. The zero-order chi connectivity index (χ0) is 9.84. The summed E-state index contributed by atoms with van der Waals surface area (Å²) in [5, 5.41) is 12.7. The van der Waals surface area contributed by atoms with Gasteiger partial charge in [-0.05, 0) is 32.3 Å². The molecule has 0 saturated heterocycles. The predicted molar refractivity (Wildman–Crippen MR) is 51.2 cm³/mol. The van der Waals surface area contributed by atoms with Crippen LogP contribution < -0.4 is 0 Å². The van der Waals surface area contributed by atoms with E-state index in [1.807, 2.05) is 18.7 Å². The second-order valence-corrected chi connectivity index (χ2v) is 3.28. The van der Waals surface area contributed by atoms with E-state index in [4.69, 9.17) is 5.26 Å². The lowest BCUT2D eigenvalue weighted by Gasteiger charge is -1.98. The Morgan fingerprint density at radius 1 is 1.46 bits per heavy atom. The Balaban J connectivity index is 2.71. The highest BCUT2D eigenvalue weighted by Gasteiger charge is 2.07. The second-order valence-electron chi connectivity index (χ2n) is 3.28. The third-order valence-corrected chi connectivity index (χ3v) is 2.37. The second kappa shape index (κ2) is 4.08. The van der Waals surface area contributed by atoms with Crippen LogP contribution in [0.1, 0.15) is 29.8 Å². The van der Waals surface area contributed by atoms with Gasteiger partial charge in [0.1, 0.15) is 0 Å². The minimum atomic E-state index is 0.633. The van der Waals surface area contributed by atoms with Crippen molar-refractivity contribution in [3.63, 3.8) is 0 Å². The lowest BCUT2D eigenvalue weighted by Crippen LogP contribution is -1.94. The smallest absolute Gasteiger partial charge is 0.0628 e. The first-order chi connectivity index (χ1) is 6.16. The van der Waals surface area contributed by atoms with Gasteiger partial charge in [0.05, 0.1) is 11.8 Å². The molecule has 70 valence electrons. The van der Waals surface area contributed by atoms with E-state index >= 15 is 0 Å². The normalized spacial score (nSPS) is 10.0. The molecule has 0 aliphatic carbocycles. The minimum absolute atomic E-state index is 0.633. The summed E-state index contributed by atoms with van der Waals surface area (Å²) in [6, 6.07) is 2.16. The number of aryl methyl sites for hydroxylation is 2. The summed E-state index contributed by atoms with van der Waals surface area (Å²) in [5.74, 6) is 0. The van der Waals surface area contributed by atoms with Gasteiger partial charge in [-0.2, -0.15) is 10.4 Å². The fourth-order valence-electron chi connectivity index (χ4n) is 1.52. The molecule has 0 bridgehead atoms. The van der Waals surface area contributed by atoms with Gasteiger partial charge in [0.25, 0.3) is 0 Å². The molecule has 1 heterocycles. The minimum Gasteiger partial charge on any atom is -0.272 e. The van der Waals surface area contributed by atoms with E-state index in [2.05, 4.69) is 18.1 Å². The zero-order valence-corrected chi connectivity index (χ0v) is 8.46. The molecule has 1 aromatic rings. The van der Waals surface area contributed by atoms with Crippen LogP contribution in [0.25, 0.3) is 0 Å². The van der Waals surface area contributed by atoms with Gasteiger partial charge in [-0.1, -0.05) is 0 Å². The van der Waals surface area contributed by atoms with Gasteiger partial charge in [-0.3, -0.25) is 4.68 Å². The van der Waals surface area contributed by atoms with Crippen molar-refractivity contribution in [1.29, 1.82) is 5.26 Å². The maximum absolute atomic E-state index is 8.42. The molecular formula is C10H15N3. The van der Waals surface area contributed by atoms with Crippen molar-refractivity contribution >= 4 is 0 Å². The van der Waals surface area contributed by atoms with Gasteiger partial charge in [0.15, 0.2) is 0 Å². The zero-order valence-electron chi connectivity index (χ0n) is 8.46. The number of rotatable bonds is 3. The summed E-state index contributed by atoms with van der Waals surface area (Å²) in [5.41, 5.74) is 3.62. The Hall–Kier alpha value is -1.30. The van der Waals surface area contributed by atoms with Crippen molar-refractivity contribution in [2.24, 2.45) is 7.05 Å². The van der Waals surface area contributed by atoms with Crippen molar-refractivity contribution in [2.45, 2.75) is 33.1 Å². The summed E-state index contributed by atoms with van der Waals surface area (Å²) in [6.07, 6.45) is 2.54. The van der Waals surface area contributed by atoms with E-state index in [0.29, 0.717) is 6.42 Å². The molecule has 0 fully saturated rings. The van der Waals surface area contributed by atoms with E-state index < -0.39 is 0 Å². The molecule has 0 radical (unpaired) electrons. The van der Waals surface area contributed by atoms with Crippen molar-refractivity contribution in [1.82, 2.24) is 9.78 Å². The van der Waals surface area contributed by atoms with Gasteiger partial charge in [0, 0.05) is 19.2 Å². The summed E-state index contributed by atoms with van der Waals surface area (Å²) in [6.45, 7) is 4.09. The van der Waals surface area contributed by atoms with Gasteiger partial charge in [0.2, 0.25) is 0 Å². The number of unbranched alkanes of at least 4 members (excludes halogenated alkanes) is 1. The van der Waals surface area contributed by atoms with Gasteiger partial charge < -0.3 is 0 Å². The molecule has 13 heavy (non-hydrogen) atoms. The van der Waals surface area contributed by atoms with E-state index in [0.717, 1.165) is 18.5 Å². The topological polar surface area (TPSA) is 41.6 Å². The van der Waals surface area contributed by atoms with E-state index in [1.54, 1.807) is 0 Å². The molecule has 0 amide bonds. The Kier molecular flexibility index (Phi) is 3.07. The Morgan fingerprint density at radius 3 is 2.62 bits per heavy atom. The van der Waals surface area contributed by atoms with Crippen molar-refractivity contribution in [3.05, 3.63) is 17.0 Å². The third-order valence-electron chi connectivity index (χ3n) is 2.37. The monoisotopic (exact) mass is 177 g/mol. The van der Waals surface area contributed by atoms with Crippen LogP contribution in [0.5, 0.6) is 0 Å². The van der Waals surface area contributed by atoms with Crippen molar-refractivity contribution in [3.8, 4) is 6.07 Å². The standard InChI is InChI=1S/C10H15N3/c1-8-10(6-4-5-7-11)9(2)13(3)12-8/h4-6H2,1-3H3. The number of hydrogen-bond acceptors (Lipinski definition) is 2. The summed E-state index contributed by atoms with van der Waals surface area (Å²) in [7, 11) is 1.95. The lowest BCUT2D eigenvalue weighted by molar-refractivity contribution is 0.729. The Bertz CT molecular complexity index is 331. The van der Waals surface area contributed by atoms with E-state index in [1.165, 1.54) is 11.3 Å². The molecule has 3 heteroatoms. The predicted octanol–water partition coefficient (Wildman–Crippen LogP) is 1.88. The Labute approximate surface area is 79.0 Å². The van der Waals surface area contributed by atoms with Crippen LogP contribution in [0.15, 0.2) is 0 Å². The highest BCUT2D eigenvalue weighted by atomic mass is 15.3. The summed E-state index contributed by atoms with van der Waals surface area (Å²) in [4.78, 5) is 0. The number of nitriles is 1. The van der Waals surface area contributed by atoms with Crippen molar-refractivity contribution < 1.29 is 0 Å². The molecular weight excluding hydrogens is 162 g/mol. The highest BCUT2D eigenvalue weighted by Crippen LogP contribution is 2.14.